The van der Waals surface area contributed by atoms with Gasteiger partial charge < -0.3 is 19.7 Å². The molecule has 0 saturated carbocycles. The number of hydrogen-bond acceptors (Lipinski definition) is 5. The topological polar surface area (TPSA) is 71.1 Å². The molecule has 7 heteroatoms. The highest BCUT2D eigenvalue weighted by molar-refractivity contribution is 6.39. The van der Waals surface area contributed by atoms with Gasteiger partial charge >= 0.3 is 11.8 Å². The molecule has 1 N–H and O–H groups in total. The first-order valence-corrected chi connectivity index (χ1v) is 9.19. The molecule has 0 spiro atoms. The zero-order valence-corrected chi connectivity index (χ0v) is 16.2. The molecular formula is C21H25N3O4. The van der Waals surface area contributed by atoms with Gasteiger partial charge in [0.1, 0.15) is 11.5 Å². The summed E-state index contributed by atoms with van der Waals surface area (Å²) in [5, 5.41) is 2.64. The molecule has 0 radical (unpaired) electrons. The SMILES string of the molecule is COc1ccc(NC(=O)C(=O)N2CCN(Cc3ccccc3)CC2)c(OC)c1. The molecule has 1 aliphatic heterocycles. The van der Waals surface area contributed by atoms with E-state index in [4.69, 9.17) is 9.47 Å². The van der Waals surface area contributed by atoms with Gasteiger partial charge in [-0.25, -0.2) is 0 Å². The summed E-state index contributed by atoms with van der Waals surface area (Å²) < 4.78 is 10.4. The Labute approximate surface area is 164 Å². The Kier molecular flexibility index (Phi) is 6.49. The molecule has 1 heterocycles. The zero-order chi connectivity index (χ0) is 19.9. The van der Waals surface area contributed by atoms with E-state index in [1.165, 1.54) is 12.7 Å². The van der Waals surface area contributed by atoms with Crippen molar-refractivity contribution < 1.29 is 19.1 Å². The van der Waals surface area contributed by atoms with Gasteiger partial charge in [0, 0.05) is 38.8 Å². The van der Waals surface area contributed by atoms with Crippen LogP contribution in [-0.2, 0) is 16.1 Å². The molecule has 0 atom stereocenters. The first-order valence-electron chi connectivity index (χ1n) is 9.19. The van der Waals surface area contributed by atoms with Crippen LogP contribution in [0.4, 0.5) is 5.69 Å². The number of benzene rings is 2. The molecule has 1 aliphatic rings. The van der Waals surface area contributed by atoms with E-state index in [1.54, 1.807) is 30.2 Å². The number of rotatable bonds is 5. The van der Waals surface area contributed by atoms with Crippen LogP contribution in [0.3, 0.4) is 0 Å². The second kappa shape index (κ2) is 9.23. The molecule has 1 saturated heterocycles. The van der Waals surface area contributed by atoms with E-state index >= 15 is 0 Å². The predicted octanol–water partition coefficient (Wildman–Crippen LogP) is 1.99. The Balaban J connectivity index is 1.54. The van der Waals surface area contributed by atoms with E-state index in [-0.39, 0.29) is 0 Å². The van der Waals surface area contributed by atoms with Gasteiger partial charge in [-0.05, 0) is 17.7 Å². The number of amides is 2. The third-order valence-electron chi connectivity index (χ3n) is 4.76. The molecule has 7 nitrogen and oxygen atoms in total. The van der Waals surface area contributed by atoms with E-state index in [1.807, 2.05) is 18.2 Å². The van der Waals surface area contributed by atoms with Crippen molar-refractivity contribution >= 4 is 17.5 Å². The fraction of sp³-hybridized carbons (Fsp3) is 0.333. The minimum atomic E-state index is -0.667. The van der Waals surface area contributed by atoms with Crippen molar-refractivity contribution in [2.75, 3.05) is 45.7 Å². The molecule has 28 heavy (non-hydrogen) atoms. The van der Waals surface area contributed by atoms with Crippen LogP contribution in [0.5, 0.6) is 11.5 Å². The average Bonchev–Trinajstić information content (AvgIpc) is 2.74. The largest absolute Gasteiger partial charge is 0.497 e. The van der Waals surface area contributed by atoms with Crippen LogP contribution in [0.1, 0.15) is 5.56 Å². The third-order valence-corrected chi connectivity index (χ3v) is 4.76. The lowest BCUT2D eigenvalue weighted by atomic mass is 10.2. The van der Waals surface area contributed by atoms with Gasteiger partial charge in [-0.2, -0.15) is 0 Å². The summed E-state index contributed by atoms with van der Waals surface area (Å²) in [5.74, 6) is -0.152. The Morgan fingerprint density at radius 2 is 1.68 bits per heavy atom. The number of carbonyl (C=O) groups excluding carboxylic acids is 2. The first-order chi connectivity index (χ1) is 13.6. The highest BCUT2D eigenvalue weighted by Gasteiger charge is 2.26. The van der Waals surface area contributed by atoms with Crippen LogP contribution >= 0.6 is 0 Å². The van der Waals surface area contributed by atoms with Gasteiger partial charge in [-0.1, -0.05) is 30.3 Å². The molecule has 0 bridgehead atoms. The normalized spacial score (nSPS) is 14.4. The summed E-state index contributed by atoms with van der Waals surface area (Å²) in [4.78, 5) is 28.8. The molecular weight excluding hydrogens is 358 g/mol. The van der Waals surface area contributed by atoms with Gasteiger partial charge in [0.2, 0.25) is 0 Å². The van der Waals surface area contributed by atoms with Crippen molar-refractivity contribution in [3.63, 3.8) is 0 Å². The van der Waals surface area contributed by atoms with Crippen molar-refractivity contribution in [1.29, 1.82) is 0 Å². The Hall–Kier alpha value is -3.06. The lowest BCUT2D eigenvalue weighted by Crippen LogP contribution is -2.51. The second-order valence-corrected chi connectivity index (χ2v) is 6.57. The van der Waals surface area contributed by atoms with Gasteiger partial charge in [0.05, 0.1) is 19.9 Å². The van der Waals surface area contributed by atoms with E-state index in [2.05, 4.69) is 22.3 Å². The Morgan fingerprint density at radius 3 is 2.32 bits per heavy atom. The molecule has 148 valence electrons. The van der Waals surface area contributed by atoms with Crippen molar-refractivity contribution in [1.82, 2.24) is 9.80 Å². The second-order valence-electron chi connectivity index (χ2n) is 6.57. The fourth-order valence-electron chi connectivity index (χ4n) is 3.17. The highest BCUT2D eigenvalue weighted by Crippen LogP contribution is 2.29. The molecule has 1 fully saturated rings. The number of piperazine rings is 1. The minimum absolute atomic E-state index is 0.435. The first kappa shape index (κ1) is 19.7. The maximum Gasteiger partial charge on any atom is 0.314 e. The average molecular weight is 383 g/mol. The van der Waals surface area contributed by atoms with Crippen molar-refractivity contribution in [3.05, 3.63) is 54.1 Å². The number of nitrogens with zero attached hydrogens (tertiary/aromatic N) is 2. The molecule has 2 aromatic carbocycles. The molecule has 2 aromatic rings. The summed E-state index contributed by atoms with van der Waals surface area (Å²) >= 11 is 0. The number of anilines is 1. The highest BCUT2D eigenvalue weighted by atomic mass is 16.5. The number of ether oxygens (including phenoxy) is 2. The van der Waals surface area contributed by atoms with Crippen molar-refractivity contribution in [3.8, 4) is 11.5 Å². The van der Waals surface area contributed by atoms with Crippen LogP contribution in [0.15, 0.2) is 48.5 Å². The fourth-order valence-corrected chi connectivity index (χ4v) is 3.17. The molecule has 2 amide bonds. The zero-order valence-electron chi connectivity index (χ0n) is 16.2. The lowest BCUT2D eigenvalue weighted by Gasteiger charge is -2.34. The lowest BCUT2D eigenvalue weighted by molar-refractivity contribution is -0.144. The monoisotopic (exact) mass is 383 g/mol. The van der Waals surface area contributed by atoms with Crippen LogP contribution in [0.2, 0.25) is 0 Å². The van der Waals surface area contributed by atoms with E-state index in [9.17, 15) is 9.59 Å². The van der Waals surface area contributed by atoms with Crippen molar-refractivity contribution in [2.45, 2.75) is 6.54 Å². The molecule has 0 aromatic heterocycles. The maximum absolute atomic E-state index is 12.5. The van der Waals surface area contributed by atoms with Crippen molar-refractivity contribution in [2.24, 2.45) is 0 Å². The molecule has 0 aliphatic carbocycles. The summed E-state index contributed by atoms with van der Waals surface area (Å²) in [6.45, 7) is 3.37. The van der Waals surface area contributed by atoms with Crippen LogP contribution in [0, 0.1) is 0 Å². The van der Waals surface area contributed by atoms with Gasteiger partial charge in [0.25, 0.3) is 0 Å². The number of nitrogens with one attached hydrogen (secondary N) is 1. The summed E-state index contributed by atoms with van der Waals surface area (Å²) in [7, 11) is 3.05. The maximum atomic E-state index is 12.5. The van der Waals surface area contributed by atoms with Gasteiger partial charge in [-0.3, -0.25) is 14.5 Å². The Bertz CT molecular complexity index is 818. The predicted molar refractivity (Wildman–Crippen MR) is 106 cm³/mol. The summed E-state index contributed by atoms with van der Waals surface area (Å²) in [5.41, 5.74) is 1.68. The van der Waals surface area contributed by atoms with E-state index in [0.29, 0.717) is 30.3 Å². The smallest absolute Gasteiger partial charge is 0.314 e. The van der Waals surface area contributed by atoms with Gasteiger partial charge in [-0.15, -0.1) is 0 Å². The van der Waals surface area contributed by atoms with E-state index < -0.39 is 11.8 Å². The van der Waals surface area contributed by atoms with Crippen LogP contribution in [0.25, 0.3) is 0 Å². The quantitative estimate of drug-likeness (QED) is 0.800. The van der Waals surface area contributed by atoms with Gasteiger partial charge in [0.15, 0.2) is 0 Å². The third kappa shape index (κ3) is 4.80. The number of carbonyl (C=O) groups is 2. The van der Waals surface area contributed by atoms with E-state index in [0.717, 1.165) is 19.6 Å². The standard InChI is InChI=1S/C21H25N3O4/c1-27-17-8-9-18(19(14-17)28-2)22-20(25)21(26)24-12-10-23(11-13-24)15-16-6-4-3-5-7-16/h3-9,14H,10-13,15H2,1-2H3,(H,22,25). The minimum Gasteiger partial charge on any atom is -0.497 e. The molecule has 0 unspecified atom stereocenters. The number of hydrogen-bond donors (Lipinski definition) is 1. The number of methoxy groups -OCH3 is 2. The molecule has 3 rings (SSSR count). The summed E-state index contributed by atoms with van der Waals surface area (Å²) in [6, 6.07) is 15.2. The van der Waals surface area contributed by atoms with Crippen LogP contribution in [-0.4, -0.2) is 62.0 Å². The summed E-state index contributed by atoms with van der Waals surface area (Å²) in [6.07, 6.45) is 0. The van der Waals surface area contributed by atoms with Crippen LogP contribution < -0.4 is 14.8 Å². The Morgan fingerprint density at radius 1 is 0.964 bits per heavy atom.